The van der Waals surface area contributed by atoms with Crippen molar-refractivity contribution in [2.24, 2.45) is 11.5 Å². The monoisotopic (exact) mass is 993 g/mol. The van der Waals surface area contributed by atoms with Crippen molar-refractivity contribution in [3.05, 3.63) is 90.1 Å². The number of rotatable bonds is 12. The number of para-hydroxylation sites is 1. The molecule has 0 radical (unpaired) electrons. The number of nitrogens with zero attached hydrogens (tertiary/aromatic N) is 2. The highest BCUT2D eigenvalue weighted by Gasteiger charge is 2.44. The van der Waals surface area contributed by atoms with Crippen molar-refractivity contribution >= 4 is 70.0 Å². The van der Waals surface area contributed by atoms with E-state index in [0.717, 1.165) is 10.9 Å². The predicted octanol–water partition coefficient (Wildman–Crippen LogP) is -1.48. The van der Waals surface area contributed by atoms with Gasteiger partial charge >= 0.3 is 6.03 Å². The van der Waals surface area contributed by atoms with Gasteiger partial charge in [0, 0.05) is 61.3 Å². The quantitative estimate of drug-likeness (QED) is 0.0335. The largest absolute Gasteiger partial charge is 0.373 e. The number of hydrogen-bond acceptors (Lipinski definition) is 12. The Hall–Kier alpha value is -8.15. The maximum atomic E-state index is 14.7. The van der Waals surface area contributed by atoms with Crippen LogP contribution in [0, 0.1) is 5.41 Å². The number of nitrogens with two attached hydrogens (primary N) is 2. The first-order valence-electron chi connectivity index (χ1n) is 23.9. The first kappa shape index (κ1) is 53.2. The standard InChI is InChI=1S/C48H63N15O9/c1-27-42(66)59-37(21-30-25-52-26-56-30)46(70)60-35(19-28-11-4-2-5-12-28)44(68)58-34(16-10-18-53-39(50)23-49)43(67)61-36(20-29-24-55-32-14-8-7-13-31(29)32)45(69)57-33(41(51)65)15-6-3-9-17-54-40(64)22-38-47(71)63(27)48(72)62-38/h2,4-5,7-8,11-14,24-27,33-38,55H,3,6,9-10,15-23,49H2,1H3,(H2,50,53)(H2,51,65)(H,52,56)(H,54,64)(H,57,69)(H,58,68)(H,59,66)(H,60,70)(H,61,67)(H,62,72)/t27-,33+,34+,35-,36+,37+,38+/m1/s1. The third kappa shape index (κ3) is 14.7. The van der Waals surface area contributed by atoms with E-state index < -0.39 is 102 Å². The Labute approximate surface area is 414 Å². The van der Waals surface area contributed by atoms with Crippen LogP contribution in [0.25, 0.3) is 10.9 Å². The van der Waals surface area contributed by atoms with Crippen molar-refractivity contribution in [2.75, 3.05) is 19.6 Å². The van der Waals surface area contributed by atoms with Crippen molar-refractivity contribution in [1.29, 1.82) is 5.41 Å². The fourth-order valence-electron chi connectivity index (χ4n) is 8.47. The van der Waals surface area contributed by atoms with Gasteiger partial charge in [-0.3, -0.25) is 48.7 Å². The van der Waals surface area contributed by atoms with Crippen molar-refractivity contribution in [2.45, 2.75) is 113 Å². The maximum Gasteiger partial charge on any atom is 0.325 e. The molecule has 0 unspecified atom stereocenters. The van der Waals surface area contributed by atoms with Crippen LogP contribution in [0.3, 0.4) is 0 Å². The second-order valence-corrected chi connectivity index (χ2v) is 17.8. The second kappa shape index (κ2) is 25.6. The number of primary amides is 1. The molecule has 24 nitrogen and oxygen atoms in total. The Bertz CT molecular complexity index is 2590. The van der Waals surface area contributed by atoms with Crippen LogP contribution in [0.4, 0.5) is 4.79 Å². The maximum absolute atomic E-state index is 14.7. The molecule has 2 aromatic heterocycles. The molecule has 0 aliphatic carbocycles. The fourth-order valence-corrected chi connectivity index (χ4v) is 8.47. The van der Waals surface area contributed by atoms with Gasteiger partial charge in [-0.05, 0) is 49.8 Å². The fraction of sp³-hybridized carbons (Fsp3) is 0.438. The third-order valence-corrected chi connectivity index (χ3v) is 12.5. The van der Waals surface area contributed by atoms with Gasteiger partial charge in [0.1, 0.15) is 48.1 Å². The van der Waals surface area contributed by atoms with Crippen LogP contribution >= 0.6 is 0 Å². The van der Waals surface area contributed by atoms with Crippen molar-refractivity contribution in [1.82, 2.24) is 62.4 Å². The molecule has 6 rings (SSSR count). The molecular weight excluding hydrogens is 931 g/mol. The molecule has 7 atom stereocenters. The topological polar surface area (TPSA) is 373 Å². The number of imidazole rings is 1. The van der Waals surface area contributed by atoms with Crippen molar-refractivity contribution < 1.29 is 43.2 Å². The summed E-state index contributed by atoms with van der Waals surface area (Å²) >= 11 is 0. The van der Waals surface area contributed by atoms with Crippen molar-refractivity contribution in [3.63, 3.8) is 0 Å². The first-order chi connectivity index (χ1) is 34.6. The van der Waals surface area contributed by atoms with E-state index in [1.54, 1.807) is 36.5 Å². The summed E-state index contributed by atoms with van der Waals surface area (Å²) < 4.78 is 0. The number of H-pyrrole nitrogens is 2. The number of carbonyl (C=O) groups is 9. The molecule has 72 heavy (non-hydrogen) atoms. The zero-order valence-corrected chi connectivity index (χ0v) is 39.9. The molecule has 2 bridgehead atoms. The molecule has 384 valence electrons. The van der Waals surface area contributed by atoms with Crippen LogP contribution in [-0.2, 0) is 57.6 Å². The van der Waals surface area contributed by atoms with Gasteiger partial charge in [-0.25, -0.2) is 9.78 Å². The normalized spacial score (nSPS) is 23.6. The molecule has 2 fully saturated rings. The number of fused-ring (bicyclic) bond motifs is 3. The minimum Gasteiger partial charge on any atom is -0.373 e. The Morgan fingerprint density at radius 1 is 0.764 bits per heavy atom. The molecule has 2 aliphatic rings. The summed E-state index contributed by atoms with van der Waals surface area (Å²) in [5.41, 5.74) is 13.9. The minimum atomic E-state index is -1.46. The summed E-state index contributed by atoms with van der Waals surface area (Å²) in [4.78, 5) is 135. The van der Waals surface area contributed by atoms with E-state index in [-0.39, 0.29) is 64.0 Å². The number of amides is 10. The third-order valence-electron chi connectivity index (χ3n) is 12.5. The van der Waals surface area contributed by atoms with E-state index in [1.807, 2.05) is 24.3 Å². The number of imide groups is 1. The number of urea groups is 1. The number of nitrogens with one attached hydrogen (secondary N) is 11. The van der Waals surface area contributed by atoms with Gasteiger partial charge < -0.3 is 64.0 Å². The smallest absolute Gasteiger partial charge is 0.325 e. The molecule has 4 aromatic rings. The Morgan fingerprint density at radius 3 is 2.12 bits per heavy atom. The lowest BCUT2D eigenvalue weighted by Gasteiger charge is -2.28. The zero-order chi connectivity index (χ0) is 51.7. The van der Waals surface area contributed by atoms with E-state index in [4.69, 9.17) is 16.9 Å². The highest BCUT2D eigenvalue weighted by Crippen LogP contribution is 2.20. The van der Waals surface area contributed by atoms with Crippen LogP contribution in [0.1, 0.15) is 68.7 Å². The van der Waals surface area contributed by atoms with Crippen LogP contribution in [0.15, 0.2) is 73.3 Å². The minimum absolute atomic E-state index is 0.0275. The average molecular weight is 994 g/mol. The molecule has 0 saturated carbocycles. The van der Waals surface area contributed by atoms with Crippen molar-refractivity contribution in [3.8, 4) is 0 Å². The summed E-state index contributed by atoms with van der Waals surface area (Å²) in [6.07, 6.45) is 5.37. The Morgan fingerprint density at radius 2 is 1.42 bits per heavy atom. The van der Waals surface area contributed by atoms with Crippen LogP contribution < -0.4 is 54.0 Å². The second-order valence-electron chi connectivity index (χ2n) is 17.8. The zero-order valence-electron chi connectivity index (χ0n) is 39.9. The SMILES string of the molecule is C[C@@H]1C(=O)N[C@@H](Cc2cnc[nH]2)C(=O)N[C@H](Cc2ccccc2)C(=O)N[C@@H](CCCNC(=N)CN)C(=O)N[C@@H](Cc2c[nH]c3ccccc23)C(=O)N[C@H](C(N)=O)CCCCCNC(=O)C[C@@H]2NC(=O)N1C2=O. The molecule has 24 heteroatoms. The number of hydrogen-bond donors (Lipinski definition) is 13. The lowest BCUT2D eigenvalue weighted by atomic mass is 10.0. The van der Waals surface area contributed by atoms with E-state index in [9.17, 15) is 43.2 Å². The molecule has 10 amide bonds. The molecule has 2 aromatic carbocycles. The summed E-state index contributed by atoms with van der Waals surface area (Å²) in [6.45, 7) is 1.59. The molecule has 4 heterocycles. The van der Waals surface area contributed by atoms with E-state index in [2.05, 4.69) is 57.5 Å². The summed E-state index contributed by atoms with van der Waals surface area (Å²) in [5.74, 6) is -6.23. The van der Waals surface area contributed by atoms with Gasteiger partial charge in [0.2, 0.25) is 41.4 Å². The summed E-state index contributed by atoms with van der Waals surface area (Å²) in [6, 6.07) is 5.77. The molecule has 2 aliphatic heterocycles. The lowest BCUT2D eigenvalue weighted by Crippen LogP contribution is -2.60. The van der Waals surface area contributed by atoms with Gasteiger partial charge in [0.25, 0.3) is 5.91 Å². The summed E-state index contributed by atoms with van der Waals surface area (Å²) in [5, 5.41) is 30.4. The van der Waals surface area contributed by atoms with E-state index >= 15 is 0 Å². The highest BCUT2D eigenvalue weighted by atomic mass is 16.2. The van der Waals surface area contributed by atoms with Gasteiger partial charge in [-0.15, -0.1) is 0 Å². The number of amidine groups is 1. The van der Waals surface area contributed by atoms with E-state index in [0.29, 0.717) is 41.0 Å². The number of benzene rings is 2. The number of carbonyl (C=O) groups excluding carboxylic acids is 9. The molecule has 15 N–H and O–H groups in total. The molecule has 2 saturated heterocycles. The lowest BCUT2D eigenvalue weighted by molar-refractivity contribution is -0.138. The highest BCUT2D eigenvalue weighted by molar-refractivity contribution is 6.09. The predicted molar refractivity (Wildman–Crippen MR) is 262 cm³/mol. The molecular formula is C48H63N15O9. The van der Waals surface area contributed by atoms with E-state index in [1.165, 1.54) is 19.4 Å². The first-order valence-corrected chi connectivity index (χ1v) is 23.9. The van der Waals surface area contributed by atoms with Crippen LogP contribution in [0.2, 0.25) is 0 Å². The average Bonchev–Trinajstić information content (AvgIpc) is 4.10. The summed E-state index contributed by atoms with van der Waals surface area (Å²) in [7, 11) is 0. The van der Waals surface area contributed by atoms with Gasteiger partial charge in [-0.2, -0.15) is 0 Å². The Balaban J connectivity index is 1.34. The Kier molecular flexibility index (Phi) is 18.9. The van der Waals surface area contributed by atoms with Gasteiger partial charge in [0.15, 0.2) is 0 Å². The molecule has 0 spiro atoms. The van der Waals surface area contributed by atoms with Gasteiger partial charge in [-0.1, -0.05) is 61.4 Å². The number of aromatic nitrogens is 3. The van der Waals surface area contributed by atoms with Crippen LogP contribution in [0.5, 0.6) is 0 Å². The van der Waals surface area contributed by atoms with Crippen LogP contribution in [-0.4, -0.2) is 141 Å². The number of aromatic amines is 2. The van der Waals surface area contributed by atoms with Gasteiger partial charge in [0.05, 0.1) is 19.3 Å².